The van der Waals surface area contributed by atoms with Gasteiger partial charge in [0.2, 0.25) is 0 Å². The topological polar surface area (TPSA) is 54.3 Å². The quantitative estimate of drug-likeness (QED) is 0.915. The molecule has 1 heterocycles. The van der Waals surface area contributed by atoms with Gasteiger partial charge in [0.1, 0.15) is 5.69 Å². The highest BCUT2D eigenvalue weighted by atomic mass is 35.5. The zero-order chi connectivity index (χ0) is 15.0. The highest BCUT2D eigenvalue weighted by Crippen LogP contribution is 2.31. The summed E-state index contributed by atoms with van der Waals surface area (Å²) in [5.74, 6) is -0.218. The Balaban J connectivity index is 1.85. The minimum Gasteiger partial charge on any atom is -0.390 e. The predicted octanol–water partition coefficient (Wildman–Crippen LogP) is 2.55. The lowest BCUT2D eigenvalue weighted by Crippen LogP contribution is -2.34. The van der Waals surface area contributed by atoms with Crippen LogP contribution in [-0.2, 0) is 13.0 Å². The first-order valence-electron chi connectivity index (χ1n) is 7.02. The second-order valence-corrected chi connectivity index (χ2v) is 5.69. The molecule has 5 heteroatoms. The molecule has 0 bridgehead atoms. The smallest absolute Gasteiger partial charge is 0.268 e. The second-order valence-electron chi connectivity index (χ2n) is 5.25. The zero-order valence-corrected chi connectivity index (χ0v) is 12.5. The second kappa shape index (κ2) is 5.54. The SMILES string of the molecule is CCn1cc(Cl)cc1C(=O)NC1c2ccccc2CC1O. The number of nitrogens with zero attached hydrogens (tertiary/aromatic N) is 1. The van der Waals surface area contributed by atoms with Gasteiger partial charge in [-0.25, -0.2) is 0 Å². The van der Waals surface area contributed by atoms with Gasteiger partial charge in [-0.05, 0) is 24.1 Å². The van der Waals surface area contributed by atoms with E-state index < -0.39 is 6.10 Å². The van der Waals surface area contributed by atoms with Crippen LogP contribution >= 0.6 is 11.6 Å². The number of halogens is 1. The maximum atomic E-state index is 12.4. The Morgan fingerprint density at radius 2 is 2.24 bits per heavy atom. The number of rotatable bonds is 3. The Kier molecular flexibility index (Phi) is 3.74. The number of carbonyl (C=O) groups excluding carboxylic acids is 1. The molecule has 2 atom stereocenters. The van der Waals surface area contributed by atoms with Crippen molar-refractivity contribution in [3.63, 3.8) is 0 Å². The Morgan fingerprint density at radius 1 is 1.48 bits per heavy atom. The third kappa shape index (κ3) is 2.57. The van der Waals surface area contributed by atoms with Gasteiger partial charge in [-0.1, -0.05) is 35.9 Å². The van der Waals surface area contributed by atoms with Gasteiger partial charge >= 0.3 is 0 Å². The predicted molar refractivity (Wildman–Crippen MR) is 81.5 cm³/mol. The molecule has 2 N–H and O–H groups in total. The molecule has 1 aliphatic rings. The van der Waals surface area contributed by atoms with Crippen LogP contribution in [0.3, 0.4) is 0 Å². The van der Waals surface area contributed by atoms with Crippen LogP contribution < -0.4 is 5.32 Å². The van der Waals surface area contributed by atoms with Crippen molar-refractivity contribution in [1.29, 1.82) is 0 Å². The molecular formula is C16H17ClN2O2. The van der Waals surface area contributed by atoms with E-state index in [9.17, 15) is 9.90 Å². The maximum Gasteiger partial charge on any atom is 0.268 e. The molecule has 1 aromatic carbocycles. The van der Waals surface area contributed by atoms with E-state index in [0.717, 1.165) is 11.1 Å². The fourth-order valence-corrected chi connectivity index (χ4v) is 3.11. The van der Waals surface area contributed by atoms with E-state index in [-0.39, 0.29) is 11.9 Å². The highest BCUT2D eigenvalue weighted by Gasteiger charge is 2.32. The number of hydrogen-bond donors (Lipinski definition) is 2. The summed E-state index contributed by atoms with van der Waals surface area (Å²) in [6.07, 6.45) is 1.71. The van der Waals surface area contributed by atoms with Gasteiger partial charge in [-0.3, -0.25) is 4.79 Å². The number of aryl methyl sites for hydroxylation is 1. The molecule has 2 unspecified atom stereocenters. The van der Waals surface area contributed by atoms with Crippen molar-refractivity contribution in [1.82, 2.24) is 9.88 Å². The van der Waals surface area contributed by atoms with Crippen molar-refractivity contribution < 1.29 is 9.90 Å². The molecule has 4 nitrogen and oxygen atoms in total. The molecule has 3 rings (SSSR count). The summed E-state index contributed by atoms with van der Waals surface area (Å²) in [4.78, 5) is 12.4. The Labute approximate surface area is 128 Å². The summed E-state index contributed by atoms with van der Waals surface area (Å²) >= 11 is 5.96. The first-order valence-corrected chi connectivity index (χ1v) is 7.40. The molecule has 0 radical (unpaired) electrons. The standard InChI is InChI=1S/C16H17ClN2O2/c1-2-19-9-11(17)8-13(19)16(21)18-15-12-6-4-3-5-10(12)7-14(15)20/h3-6,8-9,14-15,20H,2,7H2,1H3,(H,18,21). The number of aromatic nitrogens is 1. The van der Waals surface area contributed by atoms with Crippen molar-refractivity contribution in [2.75, 3.05) is 0 Å². The van der Waals surface area contributed by atoms with E-state index in [2.05, 4.69) is 5.32 Å². The number of aliphatic hydroxyl groups excluding tert-OH is 1. The largest absolute Gasteiger partial charge is 0.390 e. The summed E-state index contributed by atoms with van der Waals surface area (Å²) in [5.41, 5.74) is 2.58. The number of amides is 1. The maximum absolute atomic E-state index is 12.4. The van der Waals surface area contributed by atoms with Gasteiger partial charge in [0.15, 0.2) is 0 Å². The molecule has 0 aliphatic heterocycles. The van der Waals surface area contributed by atoms with Crippen LogP contribution in [-0.4, -0.2) is 21.7 Å². The van der Waals surface area contributed by atoms with Crippen LogP contribution in [0.4, 0.5) is 0 Å². The van der Waals surface area contributed by atoms with E-state index in [4.69, 9.17) is 11.6 Å². The molecule has 0 fully saturated rings. The van der Waals surface area contributed by atoms with E-state index in [0.29, 0.717) is 23.7 Å². The molecule has 1 aliphatic carbocycles. The van der Waals surface area contributed by atoms with Gasteiger partial charge in [0.25, 0.3) is 5.91 Å². The van der Waals surface area contributed by atoms with Gasteiger partial charge < -0.3 is 15.0 Å². The van der Waals surface area contributed by atoms with Crippen molar-refractivity contribution >= 4 is 17.5 Å². The zero-order valence-electron chi connectivity index (χ0n) is 11.7. The summed E-state index contributed by atoms with van der Waals surface area (Å²) < 4.78 is 1.80. The molecule has 0 saturated carbocycles. The molecule has 2 aromatic rings. The number of hydrogen-bond acceptors (Lipinski definition) is 2. The van der Waals surface area contributed by atoms with Crippen LogP contribution in [0.1, 0.15) is 34.6 Å². The van der Waals surface area contributed by atoms with E-state index >= 15 is 0 Å². The monoisotopic (exact) mass is 304 g/mol. The lowest BCUT2D eigenvalue weighted by atomic mass is 10.1. The lowest BCUT2D eigenvalue weighted by Gasteiger charge is -2.18. The molecule has 110 valence electrons. The normalized spacial score (nSPS) is 20.3. The number of aliphatic hydroxyl groups is 1. The minimum absolute atomic E-state index is 0.218. The van der Waals surface area contributed by atoms with E-state index in [1.807, 2.05) is 31.2 Å². The fraction of sp³-hybridized carbons (Fsp3) is 0.312. The first kappa shape index (κ1) is 14.2. The molecule has 0 saturated heterocycles. The molecule has 1 aromatic heterocycles. The number of fused-ring (bicyclic) bond motifs is 1. The summed E-state index contributed by atoms with van der Waals surface area (Å²) in [6, 6.07) is 9.07. The average molecular weight is 305 g/mol. The van der Waals surface area contributed by atoms with Crippen molar-refractivity contribution in [2.45, 2.75) is 32.0 Å². The molecular weight excluding hydrogens is 288 g/mol. The minimum atomic E-state index is -0.591. The summed E-state index contributed by atoms with van der Waals surface area (Å²) in [6.45, 7) is 2.62. The number of carbonyl (C=O) groups is 1. The number of nitrogens with one attached hydrogen (secondary N) is 1. The molecule has 1 amide bonds. The van der Waals surface area contributed by atoms with E-state index in [1.54, 1.807) is 16.8 Å². The molecule has 0 spiro atoms. The van der Waals surface area contributed by atoms with E-state index in [1.165, 1.54) is 0 Å². The first-order chi connectivity index (χ1) is 10.1. The fourth-order valence-electron chi connectivity index (χ4n) is 2.89. The van der Waals surface area contributed by atoms with Crippen LogP contribution in [0.2, 0.25) is 5.02 Å². The van der Waals surface area contributed by atoms with Crippen LogP contribution in [0.15, 0.2) is 36.5 Å². The average Bonchev–Trinajstić information content (AvgIpc) is 3.00. The Bertz CT molecular complexity index is 681. The van der Waals surface area contributed by atoms with Crippen molar-refractivity contribution in [2.24, 2.45) is 0 Å². The van der Waals surface area contributed by atoms with Crippen LogP contribution in [0.5, 0.6) is 0 Å². The van der Waals surface area contributed by atoms with Gasteiger partial charge in [0.05, 0.1) is 17.2 Å². The summed E-state index contributed by atoms with van der Waals surface area (Å²) in [5, 5.41) is 13.6. The van der Waals surface area contributed by atoms with Gasteiger partial charge in [0, 0.05) is 19.2 Å². The third-order valence-corrected chi connectivity index (χ3v) is 4.13. The summed E-state index contributed by atoms with van der Waals surface area (Å²) in [7, 11) is 0. The lowest BCUT2D eigenvalue weighted by molar-refractivity contribution is 0.0849. The third-order valence-electron chi connectivity index (χ3n) is 3.93. The van der Waals surface area contributed by atoms with Crippen molar-refractivity contribution in [3.05, 3.63) is 58.4 Å². The molecule has 21 heavy (non-hydrogen) atoms. The number of benzene rings is 1. The van der Waals surface area contributed by atoms with Crippen molar-refractivity contribution in [3.8, 4) is 0 Å². The highest BCUT2D eigenvalue weighted by molar-refractivity contribution is 6.31. The van der Waals surface area contributed by atoms with Crippen LogP contribution in [0.25, 0.3) is 0 Å². The Hall–Kier alpha value is -1.78. The Morgan fingerprint density at radius 3 is 3.00 bits per heavy atom. The van der Waals surface area contributed by atoms with Crippen LogP contribution in [0, 0.1) is 0 Å². The van der Waals surface area contributed by atoms with Gasteiger partial charge in [-0.2, -0.15) is 0 Å². The van der Waals surface area contributed by atoms with Gasteiger partial charge in [-0.15, -0.1) is 0 Å².